The van der Waals surface area contributed by atoms with Crippen molar-refractivity contribution in [2.75, 3.05) is 0 Å². The van der Waals surface area contributed by atoms with E-state index >= 15 is 0 Å². The van der Waals surface area contributed by atoms with Crippen LogP contribution in [0.2, 0.25) is 0 Å². The van der Waals surface area contributed by atoms with E-state index in [1.54, 1.807) is 12.1 Å². The summed E-state index contributed by atoms with van der Waals surface area (Å²) in [5.74, 6) is -0.243. The van der Waals surface area contributed by atoms with Crippen LogP contribution in [0.15, 0.2) is 34.2 Å². The molecule has 6 nitrogen and oxygen atoms in total. The molecule has 0 aliphatic carbocycles. The zero-order valence-electron chi connectivity index (χ0n) is 6.45. The maximum absolute atomic E-state index is 10.7. The van der Waals surface area contributed by atoms with Gasteiger partial charge >= 0.3 is 5.97 Å². The van der Waals surface area contributed by atoms with Gasteiger partial charge in [0.1, 0.15) is 11.0 Å². The van der Waals surface area contributed by atoms with Gasteiger partial charge in [0.25, 0.3) is 0 Å². The summed E-state index contributed by atoms with van der Waals surface area (Å²) < 4.78 is 4.89. The molecule has 0 bridgehead atoms. The molecular weight excluding hydrogens is 174 g/mol. The summed E-state index contributed by atoms with van der Waals surface area (Å²) in [7, 11) is 0. The molecule has 0 saturated carbocycles. The van der Waals surface area contributed by atoms with Gasteiger partial charge in [0.2, 0.25) is 0 Å². The highest BCUT2D eigenvalue weighted by Crippen LogP contribution is 2.02. The second kappa shape index (κ2) is 4.63. The first-order valence-electron chi connectivity index (χ1n) is 3.30. The molecule has 0 atom stereocenters. The summed E-state index contributed by atoms with van der Waals surface area (Å²) in [4.78, 5) is 17.0. The minimum absolute atomic E-state index is 0.512. The van der Waals surface area contributed by atoms with Crippen LogP contribution in [-0.2, 0) is 9.63 Å². The van der Waals surface area contributed by atoms with Gasteiger partial charge in [0.15, 0.2) is 0 Å². The Morgan fingerprint density at radius 1 is 1.77 bits per heavy atom. The van der Waals surface area contributed by atoms with Gasteiger partial charge in [0, 0.05) is 11.0 Å². The summed E-state index contributed by atoms with van der Waals surface area (Å²) in [5, 5.41) is 2.62. The van der Waals surface area contributed by atoms with E-state index in [1.165, 1.54) is 12.3 Å². The van der Waals surface area contributed by atoms with E-state index in [0.717, 1.165) is 6.08 Å². The van der Waals surface area contributed by atoms with E-state index in [2.05, 4.69) is 15.0 Å². The Labute approximate surface area is 73.0 Å². The number of hydrogen-bond donors (Lipinski definition) is 0. The van der Waals surface area contributed by atoms with Crippen LogP contribution >= 0.6 is 0 Å². The standard InChI is InChI=1S/C7H5N3O3/c8-9-10-13-7(11)4-3-6-2-1-5-12-6/h1-5H/b4-3+. The van der Waals surface area contributed by atoms with Crippen molar-refractivity contribution in [3.63, 3.8) is 0 Å². The van der Waals surface area contributed by atoms with E-state index in [4.69, 9.17) is 9.95 Å². The average Bonchev–Trinajstić information content (AvgIpc) is 2.64. The molecular formula is C7H5N3O3. The Morgan fingerprint density at radius 3 is 3.23 bits per heavy atom. The van der Waals surface area contributed by atoms with Crippen LogP contribution in [0, 0.1) is 0 Å². The fourth-order valence-electron chi connectivity index (χ4n) is 0.625. The highest BCUT2D eigenvalue weighted by Gasteiger charge is 1.94. The molecule has 1 aromatic rings. The lowest BCUT2D eigenvalue weighted by atomic mass is 10.4. The third-order valence-electron chi connectivity index (χ3n) is 1.09. The quantitative estimate of drug-likeness (QED) is 0.234. The van der Waals surface area contributed by atoms with Crippen molar-refractivity contribution in [3.05, 3.63) is 40.7 Å². The molecule has 0 spiro atoms. The van der Waals surface area contributed by atoms with Crippen LogP contribution in [0.3, 0.4) is 0 Å². The SMILES string of the molecule is [N-]=[N+]=NOC(=O)/C=C/c1ccco1. The van der Waals surface area contributed by atoms with Crippen LogP contribution < -0.4 is 0 Å². The first kappa shape index (κ1) is 8.89. The lowest BCUT2D eigenvalue weighted by Crippen LogP contribution is -1.91. The number of carbonyl (C=O) groups excluding carboxylic acids is 1. The lowest BCUT2D eigenvalue weighted by Gasteiger charge is -1.86. The normalized spacial score (nSPS) is 9.54. The lowest BCUT2D eigenvalue weighted by molar-refractivity contribution is -0.137. The predicted octanol–water partition coefficient (Wildman–Crippen LogP) is 2.06. The number of furan rings is 1. The number of carbonyl (C=O) groups is 1. The second-order valence-corrected chi connectivity index (χ2v) is 1.93. The van der Waals surface area contributed by atoms with Crippen molar-refractivity contribution in [3.8, 4) is 0 Å². The molecule has 0 aromatic carbocycles. The Morgan fingerprint density at radius 2 is 2.62 bits per heavy atom. The van der Waals surface area contributed by atoms with Gasteiger partial charge in [-0.15, -0.1) is 0 Å². The zero-order chi connectivity index (χ0) is 9.52. The molecule has 0 aliphatic heterocycles. The number of nitrogens with zero attached hydrogens (tertiary/aromatic N) is 3. The summed E-state index contributed by atoms with van der Waals surface area (Å²) in [5.41, 5.74) is 7.81. The van der Waals surface area contributed by atoms with Crippen molar-refractivity contribution in [2.45, 2.75) is 0 Å². The van der Waals surface area contributed by atoms with Gasteiger partial charge in [-0.2, -0.15) is 0 Å². The monoisotopic (exact) mass is 179 g/mol. The van der Waals surface area contributed by atoms with E-state index in [9.17, 15) is 4.79 Å². The molecule has 1 aromatic heterocycles. The molecule has 0 fully saturated rings. The van der Waals surface area contributed by atoms with Crippen LogP contribution in [0.25, 0.3) is 16.5 Å². The van der Waals surface area contributed by atoms with Crippen LogP contribution in [-0.4, -0.2) is 5.97 Å². The maximum atomic E-state index is 10.7. The average molecular weight is 179 g/mol. The van der Waals surface area contributed by atoms with Crippen LogP contribution in [0.1, 0.15) is 5.76 Å². The van der Waals surface area contributed by atoms with E-state index in [-0.39, 0.29) is 0 Å². The summed E-state index contributed by atoms with van der Waals surface area (Å²) in [6.07, 6.45) is 3.96. The predicted molar refractivity (Wildman–Crippen MR) is 43.0 cm³/mol. The Kier molecular flexibility index (Phi) is 3.17. The molecule has 6 heteroatoms. The molecule has 0 unspecified atom stereocenters. The first-order chi connectivity index (χ1) is 6.33. The smallest absolute Gasteiger partial charge is 0.342 e. The van der Waals surface area contributed by atoms with E-state index in [1.807, 2.05) is 0 Å². The largest absolute Gasteiger partial charge is 0.465 e. The van der Waals surface area contributed by atoms with E-state index in [0.29, 0.717) is 5.76 Å². The van der Waals surface area contributed by atoms with Crippen molar-refractivity contribution in [1.29, 1.82) is 0 Å². The first-order valence-corrected chi connectivity index (χ1v) is 3.30. The fraction of sp³-hybridized carbons (Fsp3) is 0. The minimum Gasteiger partial charge on any atom is -0.465 e. The van der Waals surface area contributed by atoms with Crippen LogP contribution in [0.5, 0.6) is 0 Å². The third kappa shape index (κ3) is 3.13. The number of azide groups is 1. The third-order valence-corrected chi connectivity index (χ3v) is 1.09. The highest BCUT2D eigenvalue weighted by atomic mass is 16.7. The molecule has 0 radical (unpaired) electrons. The highest BCUT2D eigenvalue weighted by molar-refractivity contribution is 5.86. The van der Waals surface area contributed by atoms with Gasteiger partial charge in [-0.05, 0) is 23.7 Å². The number of rotatable bonds is 3. The minimum atomic E-state index is -0.755. The molecule has 1 heterocycles. The van der Waals surface area contributed by atoms with E-state index < -0.39 is 5.97 Å². The molecule has 66 valence electrons. The van der Waals surface area contributed by atoms with Crippen molar-refractivity contribution < 1.29 is 14.0 Å². The Bertz CT molecular complexity index is 349. The number of hydrogen-bond acceptors (Lipinski definition) is 4. The molecule has 0 N–H and O–H groups in total. The topological polar surface area (TPSA) is 88.2 Å². The molecule has 13 heavy (non-hydrogen) atoms. The summed E-state index contributed by atoms with van der Waals surface area (Å²) in [6, 6.07) is 3.34. The molecule has 0 amide bonds. The zero-order valence-corrected chi connectivity index (χ0v) is 6.45. The molecule has 1 rings (SSSR count). The van der Waals surface area contributed by atoms with Gasteiger partial charge < -0.3 is 9.25 Å². The van der Waals surface area contributed by atoms with Gasteiger partial charge in [-0.3, -0.25) is 0 Å². The summed E-state index contributed by atoms with van der Waals surface area (Å²) in [6.45, 7) is 0. The second-order valence-electron chi connectivity index (χ2n) is 1.93. The Balaban J connectivity index is 2.49. The van der Waals surface area contributed by atoms with Crippen LogP contribution in [0.4, 0.5) is 0 Å². The Hall–Kier alpha value is -2.20. The molecule has 0 saturated heterocycles. The maximum Gasteiger partial charge on any atom is 0.342 e. The molecule has 0 aliphatic rings. The summed E-state index contributed by atoms with van der Waals surface area (Å²) >= 11 is 0. The van der Waals surface area contributed by atoms with Gasteiger partial charge in [0.05, 0.1) is 6.26 Å². The fourth-order valence-corrected chi connectivity index (χ4v) is 0.625. The van der Waals surface area contributed by atoms with Gasteiger partial charge in [-0.1, -0.05) is 0 Å². The van der Waals surface area contributed by atoms with Crippen molar-refractivity contribution in [1.82, 2.24) is 0 Å². The van der Waals surface area contributed by atoms with Gasteiger partial charge in [-0.25, -0.2) is 4.79 Å². The van der Waals surface area contributed by atoms with Crippen molar-refractivity contribution in [2.24, 2.45) is 5.28 Å². The van der Waals surface area contributed by atoms with Crippen molar-refractivity contribution >= 4 is 12.0 Å².